The van der Waals surface area contributed by atoms with E-state index in [0.29, 0.717) is 22.1 Å². The molecule has 0 unspecified atom stereocenters. The van der Waals surface area contributed by atoms with Gasteiger partial charge in [0.25, 0.3) is 10.0 Å². The first-order chi connectivity index (χ1) is 13.5. The number of nitrogens with zero attached hydrogens (tertiary/aromatic N) is 1. The van der Waals surface area contributed by atoms with Gasteiger partial charge in [0, 0.05) is 10.6 Å². The van der Waals surface area contributed by atoms with Crippen LogP contribution in [-0.2, 0) is 21.2 Å². The number of carbonyl (C=O) groups excluding carboxylic acids is 1. The third kappa shape index (κ3) is 5.80. The van der Waals surface area contributed by atoms with Crippen LogP contribution >= 0.6 is 11.3 Å². The molecule has 1 amide bonds. The van der Waals surface area contributed by atoms with Gasteiger partial charge in [-0.15, -0.1) is 11.3 Å². The van der Waals surface area contributed by atoms with Crippen molar-refractivity contribution in [3.05, 3.63) is 41.3 Å². The Morgan fingerprint density at radius 1 is 1.07 bits per heavy atom. The Bertz CT molecular complexity index is 901. The van der Waals surface area contributed by atoms with E-state index in [1.807, 2.05) is 13.0 Å². The second-order valence-corrected chi connectivity index (χ2v) is 10.1. The van der Waals surface area contributed by atoms with Gasteiger partial charge in [0.2, 0.25) is 5.91 Å². The summed E-state index contributed by atoms with van der Waals surface area (Å²) in [6.07, 6.45) is 5.52. The second kappa shape index (κ2) is 9.54. The van der Waals surface area contributed by atoms with Crippen LogP contribution in [0.3, 0.4) is 0 Å². The maximum atomic E-state index is 12.6. The van der Waals surface area contributed by atoms with E-state index < -0.39 is 10.0 Å². The van der Waals surface area contributed by atoms with Crippen LogP contribution in [0.25, 0.3) is 0 Å². The number of rotatable bonds is 7. The van der Waals surface area contributed by atoms with E-state index in [9.17, 15) is 13.2 Å². The summed E-state index contributed by atoms with van der Waals surface area (Å²) >= 11 is 1.27. The summed E-state index contributed by atoms with van der Waals surface area (Å²) in [5.74, 6) is -0.0762. The normalized spacial score (nSPS) is 15.8. The molecule has 0 spiro atoms. The van der Waals surface area contributed by atoms with Crippen LogP contribution in [0, 0.1) is 0 Å². The largest absolute Gasteiger partial charge is 0.325 e. The lowest BCUT2D eigenvalue weighted by Gasteiger charge is -2.19. The van der Waals surface area contributed by atoms with Crippen molar-refractivity contribution >= 4 is 38.6 Å². The number of carbonyl (C=O) groups is 1. The van der Waals surface area contributed by atoms with E-state index >= 15 is 0 Å². The van der Waals surface area contributed by atoms with E-state index in [1.165, 1.54) is 24.2 Å². The molecule has 0 atom stereocenters. The molecule has 1 aromatic heterocycles. The van der Waals surface area contributed by atoms with Gasteiger partial charge in [0.05, 0.1) is 12.2 Å². The van der Waals surface area contributed by atoms with E-state index in [1.54, 1.807) is 30.3 Å². The second-order valence-electron chi connectivity index (χ2n) is 7.00. The fraction of sp³-hybridized carbons (Fsp3) is 0.450. The van der Waals surface area contributed by atoms with Crippen molar-refractivity contribution < 1.29 is 13.2 Å². The molecule has 2 N–H and O–H groups in total. The molecule has 3 rings (SSSR count). The van der Waals surface area contributed by atoms with Gasteiger partial charge in [0.15, 0.2) is 0 Å². The number of amides is 1. The summed E-state index contributed by atoms with van der Waals surface area (Å²) in [5.41, 5.74) is 1.01. The number of nitrogens with one attached hydrogen (secondary N) is 2. The fourth-order valence-corrected chi connectivity index (χ4v) is 5.60. The number of hydrogen-bond acceptors (Lipinski definition) is 5. The van der Waals surface area contributed by atoms with Crippen LogP contribution in [0.5, 0.6) is 0 Å². The van der Waals surface area contributed by atoms with Gasteiger partial charge in [-0.3, -0.25) is 14.4 Å². The minimum Gasteiger partial charge on any atom is -0.325 e. The first kappa shape index (κ1) is 20.8. The molecule has 6 nitrogen and oxygen atoms in total. The van der Waals surface area contributed by atoms with Crippen molar-refractivity contribution in [1.29, 1.82) is 0 Å². The van der Waals surface area contributed by atoms with Crippen molar-refractivity contribution in [2.24, 2.45) is 0 Å². The van der Waals surface area contributed by atoms with Gasteiger partial charge >= 0.3 is 0 Å². The molecule has 2 aromatic rings. The third-order valence-electron chi connectivity index (χ3n) is 4.71. The molecule has 28 heavy (non-hydrogen) atoms. The molecule has 1 aromatic carbocycles. The smallest absolute Gasteiger partial charge is 0.271 e. The first-order valence-electron chi connectivity index (χ1n) is 9.70. The minimum absolute atomic E-state index is 0.0762. The van der Waals surface area contributed by atoms with E-state index in [-0.39, 0.29) is 5.91 Å². The van der Waals surface area contributed by atoms with Crippen LogP contribution in [-0.4, -0.2) is 38.9 Å². The Morgan fingerprint density at radius 3 is 2.46 bits per heavy atom. The molecule has 152 valence electrons. The zero-order valence-electron chi connectivity index (χ0n) is 16.1. The monoisotopic (exact) mass is 421 g/mol. The highest BCUT2D eigenvalue weighted by atomic mass is 32.2. The van der Waals surface area contributed by atoms with Gasteiger partial charge in [0.1, 0.15) is 4.21 Å². The van der Waals surface area contributed by atoms with E-state index in [2.05, 4.69) is 14.9 Å². The first-order valence-corrected chi connectivity index (χ1v) is 12.0. The average Bonchev–Trinajstić information content (AvgIpc) is 3.01. The Morgan fingerprint density at radius 2 is 1.79 bits per heavy atom. The van der Waals surface area contributed by atoms with Crippen molar-refractivity contribution in [2.45, 2.75) is 43.2 Å². The van der Waals surface area contributed by atoms with Gasteiger partial charge in [-0.1, -0.05) is 25.8 Å². The number of likely N-dealkylation sites (tertiary alicyclic amines) is 1. The molecular weight excluding hydrogens is 394 g/mol. The number of benzene rings is 1. The third-order valence-corrected chi connectivity index (χ3v) is 7.82. The van der Waals surface area contributed by atoms with E-state index in [0.717, 1.165) is 37.2 Å². The highest BCUT2D eigenvalue weighted by Crippen LogP contribution is 2.25. The Kier molecular flexibility index (Phi) is 7.09. The highest BCUT2D eigenvalue weighted by Gasteiger charge is 2.17. The molecule has 2 heterocycles. The molecule has 1 fully saturated rings. The molecular formula is C20H27N3O3S2. The molecule has 1 aliphatic rings. The quantitative estimate of drug-likeness (QED) is 0.710. The van der Waals surface area contributed by atoms with E-state index in [4.69, 9.17) is 0 Å². The summed E-state index contributed by atoms with van der Waals surface area (Å²) in [4.78, 5) is 15.6. The Labute approximate surface area is 171 Å². The summed E-state index contributed by atoms with van der Waals surface area (Å²) in [5, 5.41) is 2.88. The summed E-state index contributed by atoms with van der Waals surface area (Å²) in [6, 6.07) is 10.3. The highest BCUT2D eigenvalue weighted by molar-refractivity contribution is 7.94. The van der Waals surface area contributed by atoms with Crippen molar-refractivity contribution in [1.82, 2.24) is 4.90 Å². The minimum atomic E-state index is -3.63. The van der Waals surface area contributed by atoms with Gasteiger partial charge in [-0.2, -0.15) is 0 Å². The molecule has 1 aliphatic heterocycles. The molecule has 0 bridgehead atoms. The zero-order chi connectivity index (χ0) is 20.0. The van der Waals surface area contributed by atoms with Crippen LogP contribution in [0.2, 0.25) is 0 Å². The summed E-state index contributed by atoms with van der Waals surface area (Å²) < 4.78 is 28.0. The summed E-state index contributed by atoms with van der Waals surface area (Å²) in [7, 11) is -3.63. The number of anilines is 2. The lowest BCUT2D eigenvalue weighted by Crippen LogP contribution is -2.33. The fourth-order valence-electron chi connectivity index (χ4n) is 3.26. The Balaban J connectivity index is 1.62. The maximum Gasteiger partial charge on any atom is 0.271 e. The lowest BCUT2D eigenvalue weighted by atomic mass is 10.2. The SMILES string of the molecule is CCc1ccc(S(=O)(=O)Nc2cccc(NC(=O)CN3CCCCCC3)c2)s1. The number of hydrogen-bond donors (Lipinski definition) is 2. The predicted octanol–water partition coefficient (Wildman–Crippen LogP) is 3.93. The molecule has 8 heteroatoms. The number of thiophene rings is 1. The average molecular weight is 422 g/mol. The number of sulfonamides is 1. The van der Waals surface area contributed by atoms with Gasteiger partial charge in [-0.25, -0.2) is 8.42 Å². The number of aryl methyl sites for hydroxylation is 1. The molecule has 0 aliphatic carbocycles. The molecule has 0 radical (unpaired) electrons. The molecule has 0 saturated carbocycles. The van der Waals surface area contributed by atoms with Crippen molar-refractivity contribution in [3.8, 4) is 0 Å². The van der Waals surface area contributed by atoms with Gasteiger partial charge < -0.3 is 5.32 Å². The predicted molar refractivity (Wildman–Crippen MR) is 114 cm³/mol. The van der Waals surface area contributed by atoms with Crippen molar-refractivity contribution in [2.75, 3.05) is 29.7 Å². The van der Waals surface area contributed by atoms with Crippen molar-refractivity contribution in [3.63, 3.8) is 0 Å². The molecule has 1 saturated heterocycles. The van der Waals surface area contributed by atoms with Crippen LogP contribution in [0.4, 0.5) is 11.4 Å². The topological polar surface area (TPSA) is 78.5 Å². The lowest BCUT2D eigenvalue weighted by molar-refractivity contribution is -0.117. The Hall–Kier alpha value is -1.90. The van der Waals surface area contributed by atoms with Crippen LogP contribution in [0.15, 0.2) is 40.6 Å². The van der Waals surface area contributed by atoms with Gasteiger partial charge in [-0.05, 0) is 62.7 Å². The van der Waals surface area contributed by atoms with Crippen LogP contribution in [0.1, 0.15) is 37.5 Å². The zero-order valence-corrected chi connectivity index (χ0v) is 17.7. The standard InChI is InChI=1S/C20H27N3O3S2/c1-2-18-10-11-20(27-18)28(25,26)22-17-9-7-8-16(14-17)21-19(24)15-23-12-5-3-4-6-13-23/h7-11,14,22H,2-6,12-13,15H2,1H3,(H,21,24). The van der Waals surface area contributed by atoms with Crippen LogP contribution < -0.4 is 10.0 Å². The maximum absolute atomic E-state index is 12.6. The summed E-state index contributed by atoms with van der Waals surface area (Å²) in [6.45, 7) is 4.26.